The number of hydrogen-bond donors (Lipinski definition) is 1. The number of anilines is 1. The largest absolute Gasteiger partial charge is 0.389 e. The fraction of sp³-hybridized carbons (Fsp3) is 0.400. The summed E-state index contributed by atoms with van der Waals surface area (Å²) in [6.07, 6.45) is -0.292. The molecule has 0 spiro atoms. The van der Waals surface area contributed by atoms with Crippen LogP contribution in [-0.4, -0.2) is 24.3 Å². The van der Waals surface area contributed by atoms with E-state index in [9.17, 15) is 4.39 Å². The molecule has 0 amide bonds. The Hall–Kier alpha value is -1.09. The van der Waals surface area contributed by atoms with Crippen LogP contribution in [0.5, 0.6) is 0 Å². The standard InChI is InChI=1S/C10H12FNO/c1-7-2-3-9(11)10(4-7)12-5-8(13)6-12/h2-4,8,13H,5-6H2,1H3. The maximum absolute atomic E-state index is 13.2. The van der Waals surface area contributed by atoms with Gasteiger partial charge in [0, 0.05) is 13.1 Å². The summed E-state index contributed by atoms with van der Waals surface area (Å²) in [5.41, 5.74) is 1.64. The second-order valence-corrected chi connectivity index (χ2v) is 3.51. The molecule has 0 atom stereocenters. The number of halogens is 1. The van der Waals surface area contributed by atoms with Crippen LogP contribution in [0.4, 0.5) is 10.1 Å². The van der Waals surface area contributed by atoms with Gasteiger partial charge in [0.15, 0.2) is 0 Å². The highest BCUT2D eigenvalue weighted by molar-refractivity contribution is 5.52. The van der Waals surface area contributed by atoms with Crippen LogP contribution in [0.3, 0.4) is 0 Å². The molecule has 2 rings (SSSR count). The quantitative estimate of drug-likeness (QED) is 0.706. The van der Waals surface area contributed by atoms with Gasteiger partial charge in [-0.25, -0.2) is 4.39 Å². The van der Waals surface area contributed by atoms with Gasteiger partial charge in [0.25, 0.3) is 0 Å². The molecule has 1 aromatic rings. The Kier molecular flexibility index (Phi) is 1.96. The molecule has 1 fully saturated rings. The Balaban J connectivity index is 2.24. The molecule has 70 valence electrons. The summed E-state index contributed by atoms with van der Waals surface area (Å²) in [4.78, 5) is 1.84. The fourth-order valence-electron chi connectivity index (χ4n) is 1.52. The first kappa shape index (κ1) is 8.51. The molecule has 0 aliphatic carbocycles. The van der Waals surface area contributed by atoms with Crippen LogP contribution in [0.1, 0.15) is 5.56 Å². The van der Waals surface area contributed by atoms with Gasteiger partial charge in [-0.05, 0) is 24.6 Å². The molecule has 13 heavy (non-hydrogen) atoms. The number of nitrogens with zero attached hydrogens (tertiary/aromatic N) is 1. The third-order valence-corrected chi connectivity index (χ3v) is 2.30. The third-order valence-electron chi connectivity index (χ3n) is 2.30. The van der Waals surface area contributed by atoms with E-state index < -0.39 is 0 Å². The highest BCUT2D eigenvalue weighted by atomic mass is 19.1. The molecule has 1 aliphatic rings. The highest BCUT2D eigenvalue weighted by Crippen LogP contribution is 2.25. The summed E-state index contributed by atoms with van der Waals surface area (Å²) in [5.74, 6) is -0.211. The molecular formula is C10H12FNO. The van der Waals surface area contributed by atoms with Crippen LogP contribution in [0.2, 0.25) is 0 Å². The molecule has 1 N–H and O–H groups in total. The van der Waals surface area contributed by atoms with E-state index in [1.807, 2.05) is 11.8 Å². The van der Waals surface area contributed by atoms with Crippen molar-refractivity contribution in [1.82, 2.24) is 0 Å². The number of benzene rings is 1. The summed E-state index contributed by atoms with van der Waals surface area (Å²) in [6.45, 7) is 3.01. The Morgan fingerprint density at radius 3 is 2.77 bits per heavy atom. The average Bonchev–Trinajstić information content (AvgIpc) is 2.04. The Morgan fingerprint density at radius 1 is 1.46 bits per heavy atom. The zero-order valence-corrected chi connectivity index (χ0v) is 7.50. The lowest BCUT2D eigenvalue weighted by molar-refractivity contribution is 0.141. The van der Waals surface area contributed by atoms with Crippen molar-refractivity contribution < 1.29 is 9.50 Å². The molecule has 0 bridgehead atoms. The van der Waals surface area contributed by atoms with Crippen LogP contribution in [-0.2, 0) is 0 Å². The van der Waals surface area contributed by atoms with E-state index in [4.69, 9.17) is 5.11 Å². The van der Waals surface area contributed by atoms with E-state index in [0.717, 1.165) is 5.56 Å². The average molecular weight is 181 g/mol. The normalized spacial score (nSPS) is 17.3. The predicted octanol–water partition coefficient (Wildman–Crippen LogP) is 1.32. The molecule has 0 aromatic heterocycles. The van der Waals surface area contributed by atoms with Gasteiger partial charge in [-0.2, -0.15) is 0 Å². The summed E-state index contributed by atoms with van der Waals surface area (Å²) in [5, 5.41) is 9.08. The Bertz CT molecular complexity index is 321. The molecule has 0 radical (unpaired) electrons. The third kappa shape index (κ3) is 1.52. The number of aryl methyl sites for hydroxylation is 1. The first-order valence-corrected chi connectivity index (χ1v) is 4.36. The van der Waals surface area contributed by atoms with Gasteiger partial charge < -0.3 is 10.0 Å². The van der Waals surface area contributed by atoms with Gasteiger partial charge in [-0.15, -0.1) is 0 Å². The first-order chi connectivity index (χ1) is 6.16. The molecule has 1 heterocycles. The van der Waals surface area contributed by atoms with Crippen LogP contribution in [0, 0.1) is 12.7 Å². The minimum absolute atomic E-state index is 0.211. The second-order valence-electron chi connectivity index (χ2n) is 3.51. The lowest BCUT2D eigenvalue weighted by Crippen LogP contribution is -2.51. The monoisotopic (exact) mass is 181 g/mol. The smallest absolute Gasteiger partial charge is 0.146 e. The minimum atomic E-state index is -0.292. The van der Waals surface area contributed by atoms with E-state index >= 15 is 0 Å². The van der Waals surface area contributed by atoms with Crippen LogP contribution in [0.25, 0.3) is 0 Å². The molecule has 1 aliphatic heterocycles. The van der Waals surface area contributed by atoms with Crippen molar-refractivity contribution >= 4 is 5.69 Å². The van der Waals surface area contributed by atoms with E-state index in [2.05, 4.69) is 0 Å². The van der Waals surface area contributed by atoms with Gasteiger partial charge in [0.05, 0.1) is 11.8 Å². The number of hydrogen-bond acceptors (Lipinski definition) is 2. The molecule has 0 saturated carbocycles. The lowest BCUT2D eigenvalue weighted by Gasteiger charge is -2.38. The van der Waals surface area contributed by atoms with Crippen molar-refractivity contribution in [3.63, 3.8) is 0 Å². The van der Waals surface area contributed by atoms with Crippen molar-refractivity contribution in [2.24, 2.45) is 0 Å². The lowest BCUT2D eigenvalue weighted by atomic mass is 10.1. The SMILES string of the molecule is Cc1ccc(F)c(N2CC(O)C2)c1. The Labute approximate surface area is 76.6 Å². The van der Waals surface area contributed by atoms with Crippen LogP contribution in [0.15, 0.2) is 18.2 Å². The summed E-state index contributed by atoms with van der Waals surface area (Å²) in [7, 11) is 0. The number of aliphatic hydroxyl groups is 1. The summed E-state index contributed by atoms with van der Waals surface area (Å²) in [6, 6.07) is 5.02. The van der Waals surface area contributed by atoms with Crippen LogP contribution >= 0.6 is 0 Å². The maximum Gasteiger partial charge on any atom is 0.146 e. The molecule has 3 heteroatoms. The van der Waals surface area contributed by atoms with E-state index in [0.29, 0.717) is 18.8 Å². The van der Waals surface area contributed by atoms with Crippen molar-refractivity contribution in [1.29, 1.82) is 0 Å². The second kappa shape index (κ2) is 3.00. The predicted molar refractivity (Wildman–Crippen MR) is 49.4 cm³/mol. The molecule has 0 unspecified atom stereocenters. The van der Waals surface area contributed by atoms with Crippen molar-refractivity contribution in [3.05, 3.63) is 29.6 Å². The first-order valence-electron chi connectivity index (χ1n) is 4.36. The van der Waals surface area contributed by atoms with E-state index in [1.165, 1.54) is 6.07 Å². The summed E-state index contributed by atoms with van der Waals surface area (Å²) >= 11 is 0. The highest BCUT2D eigenvalue weighted by Gasteiger charge is 2.26. The zero-order chi connectivity index (χ0) is 9.42. The van der Waals surface area contributed by atoms with Gasteiger partial charge in [0.2, 0.25) is 0 Å². The van der Waals surface area contributed by atoms with Gasteiger partial charge in [-0.1, -0.05) is 6.07 Å². The topological polar surface area (TPSA) is 23.5 Å². The molecule has 1 aromatic carbocycles. The number of aliphatic hydroxyl groups excluding tert-OH is 1. The fourth-order valence-corrected chi connectivity index (χ4v) is 1.52. The van der Waals surface area contributed by atoms with Crippen LogP contribution < -0.4 is 4.90 Å². The van der Waals surface area contributed by atoms with E-state index in [1.54, 1.807) is 12.1 Å². The van der Waals surface area contributed by atoms with Gasteiger partial charge >= 0.3 is 0 Å². The van der Waals surface area contributed by atoms with E-state index in [-0.39, 0.29) is 11.9 Å². The van der Waals surface area contributed by atoms with Crippen molar-refractivity contribution in [2.75, 3.05) is 18.0 Å². The Morgan fingerprint density at radius 2 is 2.15 bits per heavy atom. The summed E-state index contributed by atoms with van der Waals surface area (Å²) < 4.78 is 13.2. The number of rotatable bonds is 1. The minimum Gasteiger partial charge on any atom is -0.389 e. The zero-order valence-electron chi connectivity index (χ0n) is 7.50. The number of β-amino-alcohol motifs (C(OH)–C–C–N with tert-alkyl or cyclic N) is 1. The van der Waals surface area contributed by atoms with Crippen molar-refractivity contribution in [2.45, 2.75) is 13.0 Å². The molecule has 1 saturated heterocycles. The van der Waals surface area contributed by atoms with Gasteiger partial charge in [0.1, 0.15) is 5.82 Å². The van der Waals surface area contributed by atoms with Gasteiger partial charge in [-0.3, -0.25) is 0 Å². The molecule has 2 nitrogen and oxygen atoms in total. The maximum atomic E-state index is 13.2. The van der Waals surface area contributed by atoms with Crippen molar-refractivity contribution in [3.8, 4) is 0 Å². The molecular weight excluding hydrogens is 169 g/mol.